The Morgan fingerprint density at radius 1 is 1.12 bits per heavy atom. The van der Waals surface area contributed by atoms with Crippen LogP contribution >= 0.6 is 23.4 Å². The predicted octanol–water partition coefficient (Wildman–Crippen LogP) is 5.47. The highest BCUT2D eigenvalue weighted by atomic mass is 35.5. The number of hydrogen-bond acceptors (Lipinski definition) is 4. The molecular weight excluding hydrogens is 440 g/mol. The lowest BCUT2D eigenvalue weighted by molar-refractivity contribution is 0.0715. The number of aryl methyl sites for hydroxylation is 1. The standard InChI is InChI=1S/C26H31ClN2O2S/c27-19-7-10-25-24(15-19)23-4-2-1-3-22(26(23)28-25)18-5-8-21(9-6-18)31-17-20(30)16-29-11-13-32-14-12-29/h5-10,15,20,22,28,30H,1-4,11-14,16-17H2. The summed E-state index contributed by atoms with van der Waals surface area (Å²) in [6.45, 7) is 3.13. The molecule has 3 aromatic rings. The first-order chi connectivity index (χ1) is 15.7. The normalized spacial score (nSPS) is 20.6. The van der Waals surface area contributed by atoms with Crippen molar-refractivity contribution >= 4 is 34.3 Å². The summed E-state index contributed by atoms with van der Waals surface area (Å²) in [6.07, 6.45) is 4.20. The zero-order valence-electron chi connectivity index (χ0n) is 18.4. The van der Waals surface area contributed by atoms with Crippen LogP contribution < -0.4 is 4.74 Å². The lowest BCUT2D eigenvalue weighted by Crippen LogP contribution is -2.40. The number of aliphatic hydroxyl groups is 1. The average Bonchev–Trinajstić information content (AvgIpc) is 3.02. The molecule has 2 unspecified atom stereocenters. The summed E-state index contributed by atoms with van der Waals surface area (Å²) in [5.41, 5.74) is 5.24. The van der Waals surface area contributed by atoms with Crippen molar-refractivity contribution in [2.24, 2.45) is 0 Å². The molecule has 0 radical (unpaired) electrons. The van der Waals surface area contributed by atoms with Crippen LogP contribution in [0.5, 0.6) is 5.75 Å². The number of thioether (sulfide) groups is 1. The summed E-state index contributed by atoms with van der Waals surface area (Å²) in [4.78, 5) is 6.02. The predicted molar refractivity (Wildman–Crippen MR) is 134 cm³/mol. The van der Waals surface area contributed by atoms with Crippen LogP contribution in [-0.4, -0.2) is 58.8 Å². The highest BCUT2D eigenvalue weighted by Gasteiger charge is 2.24. The fourth-order valence-corrected chi connectivity index (χ4v) is 6.21. The topological polar surface area (TPSA) is 48.5 Å². The monoisotopic (exact) mass is 470 g/mol. The lowest BCUT2D eigenvalue weighted by atomic mass is 9.91. The van der Waals surface area contributed by atoms with E-state index in [-0.39, 0.29) is 0 Å². The largest absolute Gasteiger partial charge is 0.491 e. The van der Waals surface area contributed by atoms with Gasteiger partial charge in [0.2, 0.25) is 0 Å². The van der Waals surface area contributed by atoms with Gasteiger partial charge in [-0.05, 0) is 60.7 Å². The molecule has 0 spiro atoms. The minimum absolute atomic E-state index is 0.333. The van der Waals surface area contributed by atoms with Gasteiger partial charge in [0.05, 0.1) is 0 Å². The Bertz CT molecular complexity index is 1050. The number of nitrogens with zero attached hydrogens (tertiary/aromatic N) is 1. The SMILES string of the molecule is OC(COc1ccc(C2CCCCc3c2[nH]c2ccc(Cl)cc32)cc1)CN1CCSCC1. The van der Waals surface area contributed by atoms with Crippen molar-refractivity contribution in [3.05, 3.63) is 64.3 Å². The highest BCUT2D eigenvalue weighted by Crippen LogP contribution is 2.39. The van der Waals surface area contributed by atoms with Crippen molar-refractivity contribution in [3.63, 3.8) is 0 Å². The second-order valence-corrected chi connectivity index (χ2v) is 10.6. The lowest BCUT2D eigenvalue weighted by Gasteiger charge is -2.28. The van der Waals surface area contributed by atoms with Crippen molar-refractivity contribution in [1.82, 2.24) is 9.88 Å². The van der Waals surface area contributed by atoms with Crippen molar-refractivity contribution < 1.29 is 9.84 Å². The molecule has 0 saturated carbocycles. The zero-order valence-corrected chi connectivity index (χ0v) is 19.9. The summed E-state index contributed by atoms with van der Waals surface area (Å²) < 4.78 is 5.90. The Morgan fingerprint density at radius 3 is 2.75 bits per heavy atom. The van der Waals surface area contributed by atoms with Crippen LogP contribution in [0.3, 0.4) is 0 Å². The van der Waals surface area contributed by atoms with E-state index in [2.05, 4.69) is 34.1 Å². The molecule has 32 heavy (non-hydrogen) atoms. The number of aromatic nitrogens is 1. The zero-order chi connectivity index (χ0) is 21.9. The van der Waals surface area contributed by atoms with Gasteiger partial charge in [-0.2, -0.15) is 11.8 Å². The number of halogens is 1. The van der Waals surface area contributed by atoms with Crippen molar-refractivity contribution in [2.45, 2.75) is 37.7 Å². The molecule has 2 atom stereocenters. The molecule has 1 aliphatic heterocycles. The van der Waals surface area contributed by atoms with Crippen LogP contribution in [0.2, 0.25) is 5.02 Å². The third-order valence-electron chi connectivity index (χ3n) is 6.72. The van der Waals surface area contributed by atoms with Gasteiger partial charge >= 0.3 is 0 Å². The summed E-state index contributed by atoms with van der Waals surface area (Å²) in [5.74, 6) is 3.48. The first-order valence-corrected chi connectivity index (χ1v) is 13.2. The highest BCUT2D eigenvalue weighted by molar-refractivity contribution is 7.99. The number of benzene rings is 2. The smallest absolute Gasteiger partial charge is 0.119 e. The van der Waals surface area contributed by atoms with Gasteiger partial charge in [-0.1, -0.05) is 30.2 Å². The van der Waals surface area contributed by atoms with Crippen LogP contribution in [0.4, 0.5) is 0 Å². The third-order valence-corrected chi connectivity index (χ3v) is 7.89. The molecule has 1 saturated heterocycles. The average molecular weight is 471 g/mol. The van der Waals surface area contributed by atoms with E-state index in [9.17, 15) is 5.11 Å². The molecule has 0 amide bonds. The van der Waals surface area contributed by atoms with Crippen molar-refractivity contribution in [2.75, 3.05) is 37.7 Å². The molecule has 1 fully saturated rings. The number of rotatable bonds is 6. The van der Waals surface area contributed by atoms with E-state index in [1.807, 2.05) is 30.0 Å². The van der Waals surface area contributed by atoms with Gasteiger partial charge < -0.3 is 14.8 Å². The Balaban J connectivity index is 1.27. The van der Waals surface area contributed by atoms with Gasteiger partial charge in [-0.15, -0.1) is 0 Å². The Kier molecular flexibility index (Phi) is 6.98. The Morgan fingerprint density at radius 2 is 1.94 bits per heavy atom. The van der Waals surface area contributed by atoms with Gasteiger partial charge in [0.25, 0.3) is 0 Å². The second kappa shape index (κ2) is 10.1. The van der Waals surface area contributed by atoms with Crippen molar-refractivity contribution in [3.8, 4) is 5.75 Å². The molecule has 2 N–H and O–H groups in total. The summed E-state index contributed by atoms with van der Waals surface area (Å²) in [6, 6.07) is 14.6. The van der Waals surface area contributed by atoms with Gasteiger partial charge in [-0.25, -0.2) is 0 Å². The molecular formula is C26H31ClN2O2S. The number of aromatic amines is 1. The van der Waals surface area contributed by atoms with E-state index in [1.165, 1.54) is 40.6 Å². The molecule has 1 aliphatic carbocycles. The quantitative estimate of drug-likeness (QED) is 0.469. The molecule has 2 aliphatic rings. The maximum atomic E-state index is 10.4. The maximum absolute atomic E-state index is 10.4. The van der Waals surface area contributed by atoms with Crippen LogP contribution in [0.1, 0.15) is 42.0 Å². The number of aliphatic hydroxyl groups excluding tert-OH is 1. The van der Waals surface area contributed by atoms with Gasteiger partial charge in [0.1, 0.15) is 18.5 Å². The molecule has 170 valence electrons. The Labute approximate surface area is 199 Å². The molecule has 2 heterocycles. The van der Waals surface area contributed by atoms with E-state index >= 15 is 0 Å². The van der Waals surface area contributed by atoms with Crippen LogP contribution in [-0.2, 0) is 6.42 Å². The van der Waals surface area contributed by atoms with E-state index in [1.54, 1.807) is 0 Å². The van der Waals surface area contributed by atoms with E-state index < -0.39 is 6.10 Å². The minimum atomic E-state index is -0.458. The van der Waals surface area contributed by atoms with Crippen LogP contribution in [0.25, 0.3) is 10.9 Å². The Hall–Kier alpha value is -1.66. The molecule has 6 heteroatoms. The number of ether oxygens (including phenoxy) is 1. The van der Waals surface area contributed by atoms with Gasteiger partial charge in [0.15, 0.2) is 0 Å². The summed E-state index contributed by atoms with van der Waals surface area (Å²) >= 11 is 8.27. The number of nitrogens with one attached hydrogen (secondary N) is 1. The number of β-amino-alcohol motifs (C(OH)–C–C–N with tert-alkyl or cyclic N) is 1. The fourth-order valence-electron chi connectivity index (χ4n) is 5.06. The molecule has 1 aromatic heterocycles. The first kappa shape index (κ1) is 22.1. The number of fused-ring (bicyclic) bond motifs is 3. The van der Waals surface area contributed by atoms with Crippen LogP contribution in [0, 0.1) is 0 Å². The van der Waals surface area contributed by atoms with Crippen molar-refractivity contribution in [1.29, 1.82) is 0 Å². The summed E-state index contributed by atoms with van der Waals surface area (Å²) in [5, 5.41) is 12.4. The molecule has 0 bridgehead atoms. The maximum Gasteiger partial charge on any atom is 0.119 e. The molecule has 2 aromatic carbocycles. The minimum Gasteiger partial charge on any atom is -0.491 e. The number of hydrogen-bond donors (Lipinski definition) is 2. The number of H-pyrrole nitrogens is 1. The summed E-state index contributed by atoms with van der Waals surface area (Å²) in [7, 11) is 0. The third kappa shape index (κ3) is 4.96. The fraction of sp³-hybridized carbons (Fsp3) is 0.462. The second-order valence-electron chi connectivity index (χ2n) is 8.95. The van der Waals surface area contributed by atoms with Gasteiger partial charge in [-0.3, -0.25) is 4.90 Å². The van der Waals surface area contributed by atoms with Crippen LogP contribution in [0.15, 0.2) is 42.5 Å². The van der Waals surface area contributed by atoms with E-state index in [0.717, 1.165) is 48.2 Å². The van der Waals surface area contributed by atoms with Gasteiger partial charge in [0, 0.05) is 58.7 Å². The first-order valence-electron chi connectivity index (χ1n) is 11.7. The van der Waals surface area contributed by atoms with E-state index in [4.69, 9.17) is 16.3 Å². The molecule has 4 nitrogen and oxygen atoms in total. The molecule has 5 rings (SSSR count). The van der Waals surface area contributed by atoms with E-state index in [0.29, 0.717) is 19.1 Å².